The van der Waals surface area contributed by atoms with Crippen molar-refractivity contribution in [3.63, 3.8) is 0 Å². The van der Waals surface area contributed by atoms with Crippen LogP contribution in [0.4, 0.5) is 5.69 Å². The van der Waals surface area contributed by atoms with Crippen LogP contribution in [-0.2, 0) is 16.2 Å². The van der Waals surface area contributed by atoms with E-state index in [4.69, 9.17) is 68.1 Å². The van der Waals surface area contributed by atoms with Crippen molar-refractivity contribution in [2.45, 2.75) is 13.5 Å². The first kappa shape index (κ1) is 27.2. The van der Waals surface area contributed by atoms with Crippen molar-refractivity contribution in [1.82, 2.24) is 5.32 Å². The summed E-state index contributed by atoms with van der Waals surface area (Å²) in [5, 5.41) is 4.11. The minimum atomic E-state index is -0.641. The minimum absolute atomic E-state index is 0.0488. The second kappa shape index (κ2) is 11.3. The van der Waals surface area contributed by atoms with Crippen LogP contribution in [0.3, 0.4) is 0 Å². The molecule has 1 fully saturated rings. The largest absolute Gasteiger partial charge is 0.493 e. The number of halogens is 4. The minimum Gasteiger partial charge on any atom is -0.493 e. The average molecular weight is 596 g/mol. The number of amides is 2. The number of hydrogen-bond acceptors (Lipinski definition) is 5. The van der Waals surface area contributed by atoms with Crippen LogP contribution in [0.1, 0.15) is 16.7 Å². The monoisotopic (exact) mass is 594 g/mol. The number of thiocarbonyl (C=S) groups is 1. The number of ether oxygens (including phenoxy) is 2. The number of carbonyl (C=O) groups is 2. The fourth-order valence-electron chi connectivity index (χ4n) is 3.53. The highest BCUT2D eigenvalue weighted by molar-refractivity contribution is 7.80. The van der Waals surface area contributed by atoms with Crippen molar-refractivity contribution in [3.05, 3.63) is 90.9 Å². The van der Waals surface area contributed by atoms with Gasteiger partial charge in [0.25, 0.3) is 11.8 Å². The second-order valence-corrected chi connectivity index (χ2v) is 9.99. The van der Waals surface area contributed by atoms with Crippen molar-refractivity contribution < 1.29 is 19.1 Å². The van der Waals surface area contributed by atoms with Crippen LogP contribution in [0, 0.1) is 6.92 Å². The zero-order valence-corrected chi connectivity index (χ0v) is 23.2. The Labute approximate surface area is 238 Å². The van der Waals surface area contributed by atoms with Crippen LogP contribution in [0.5, 0.6) is 11.5 Å². The lowest BCUT2D eigenvalue weighted by molar-refractivity contribution is -0.122. The van der Waals surface area contributed by atoms with E-state index in [0.29, 0.717) is 37.6 Å². The van der Waals surface area contributed by atoms with E-state index in [1.165, 1.54) is 18.1 Å². The molecule has 190 valence electrons. The molecule has 4 rings (SSSR count). The maximum atomic E-state index is 13.3. The van der Waals surface area contributed by atoms with E-state index in [2.05, 4.69) is 5.32 Å². The zero-order chi connectivity index (χ0) is 26.9. The van der Waals surface area contributed by atoms with Gasteiger partial charge in [-0.3, -0.25) is 19.8 Å². The number of anilines is 1. The molecular formula is C26H18Cl4N2O4S. The average Bonchev–Trinajstić information content (AvgIpc) is 2.84. The standard InChI is InChI=1S/C26H18Cl4N2O4S/c1-13-3-6-17(11-19(13)28)32-25(34)18(24(33)31-26(32)37)7-14-8-21(30)23(22(9-14)35-2)36-12-15-4-5-16(27)10-20(15)29/h3-11H,12H2,1-2H3,(H,31,33,37)/b18-7+. The lowest BCUT2D eigenvalue weighted by atomic mass is 10.1. The van der Waals surface area contributed by atoms with Gasteiger partial charge in [-0.25, -0.2) is 0 Å². The molecule has 3 aromatic carbocycles. The van der Waals surface area contributed by atoms with Crippen molar-refractivity contribution in [2.75, 3.05) is 12.0 Å². The Bertz CT molecular complexity index is 1480. The van der Waals surface area contributed by atoms with Gasteiger partial charge in [-0.05, 0) is 72.7 Å². The van der Waals surface area contributed by atoms with Crippen LogP contribution in [0.2, 0.25) is 20.1 Å². The Morgan fingerprint density at radius 3 is 2.41 bits per heavy atom. The van der Waals surface area contributed by atoms with Gasteiger partial charge in [-0.2, -0.15) is 0 Å². The molecule has 1 N–H and O–H groups in total. The first-order valence-corrected chi connectivity index (χ1v) is 12.6. The molecule has 2 amide bonds. The number of nitrogens with zero attached hydrogens (tertiary/aromatic N) is 1. The number of rotatable bonds is 6. The molecule has 1 aliphatic heterocycles. The van der Waals surface area contributed by atoms with Gasteiger partial charge in [0.1, 0.15) is 12.2 Å². The predicted octanol–water partition coefficient (Wildman–Crippen LogP) is 7.03. The number of hydrogen-bond donors (Lipinski definition) is 1. The Kier molecular flexibility index (Phi) is 8.31. The molecule has 1 saturated heterocycles. The van der Waals surface area contributed by atoms with Crippen molar-refractivity contribution >= 4 is 87.3 Å². The normalized spacial score (nSPS) is 14.7. The van der Waals surface area contributed by atoms with E-state index in [1.807, 2.05) is 6.92 Å². The van der Waals surface area contributed by atoms with Gasteiger partial charge in [-0.1, -0.05) is 58.5 Å². The van der Waals surface area contributed by atoms with Crippen LogP contribution >= 0.6 is 58.6 Å². The Morgan fingerprint density at radius 2 is 1.73 bits per heavy atom. The molecule has 11 heteroatoms. The summed E-state index contributed by atoms with van der Waals surface area (Å²) in [6, 6.07) is 13.3. The third kappa shape index (κ3) is 5.87. The molecule has 1 aliphatic rings. The molecule has 0 aromatic heterocycles. The summed E-state index contributed by atoms with van der Waals surface area (Å²) in [6.45, 7) is 1.95. The lowest BCUT2D eigenvalue weighted by Gasteiger charge is -2.29. The summed E-state index contributed by atoms with van der Waals surface area (Å²) < 4.78 is 11.3. The first-order chi connectivity index (χ1) is 17.6. The molecule has 0 spiro atoms. The fourth-order valence-corrected chi connectivity index (χ4v) is 4.72. The smallest absolute Gasteiger partial charge is 0.270 e. The first-order valence-electron chi connectivity index (χ1n) is 10.7. The van der Waals surface area contributed by atoms with Crippen molar-refractivity contribution in [3.8, 4) is 11.5 Å². The highest BCUT2D eigenvalue weighted by Gasteiger charge is 2.34. The Balaban J connectivity index is 1.65. The molecule has 0 bridgehead atoms. The zero-order valence-electron chi connectivity index (χ0n) is 19.4. The third-order valence-electron chi connectivity index (χ3n) is 5.47. The van der Waals surface area contributed by atoms with Gasteiger partial charge in [0.15, 0.2) is 16.6 Å². The summed E-state index contributed by atoms with van der Waals surface area (Å²) in [5.74, 6) is -0.682. The summed E-state index contributed by atoms with van der Waals surface area (Å²) in [7, 11) is 1.45. The number of nitrogens with one attached hydrogen (secondary N) is 1. The van der Waals surface area contributed by atoms with Crippen LogP contribution in [-0.4, -0.2) is 24.0 Å². The van der Waals surface area contributed by atoms with Crippen molar-refractivity contribution in [2.24, 2.45) is 0 Å². The molecule has 6 nitrogen and oxygen atoms in total. The Morgan fingerprint density at radius 1 is 0.973 bits per heavy atom. The number of methoxy groups -OCH3 is 1. The van der Waals surface area contributed by atoms with E-state index in [-0.39, 0.29) is 28.1 Å². The van der Waals surface area contributed by atoms with Gasteiger partial charge < -0.3 is 9.47 Å². The number of benzene rings is 3. The molecule has 1 heterocycles. The highest BCUT2D eigenvalue weighted by Crippen LogP contribution is 2.38. The quantitative estimate of drug-likeness (QED) is 0.188. The third-order valence-corrected chi connectivity index (χ3v) is 7.02. The summed E-state index contributed by atoms with van der Waals surface area (Å²) in [4.78, 5) is 27.2. The molecule has 0 saturated carbocycles. The van der Waals surface area contributed by atoms with E-state index < -0.39 is 11.8 Å². The molecular weight excluding hydrogens is 578 g/mol. The molecule has 0 aliphatic carbocycles. The van der Waals surface area contributed by atoms with Gasteiger partial charge in [0.2, 0.25) is 0 Å². The molecule has 0 atom stereocenters. The van der Waals surface area contributed by atoms with Gasteiger partial charge in [0.05, 0.1) is 17.8 Å². The molecule has 3 aromatic rings. The highest BCUT2D eigenvalue weighted by atomic mass is 35.5. The van der Waals surface area contributed by atoms with Crippen LogP contribution in [0.25, 0.3) is 6.08 Å². The number of carbonyl (C=O) groups excluding carboxylic acids is 2. The van der Waals surface area contributed by atoms with Gasteiger partial charge in [0, 0.05) is 20.6 Å². The summed E-state index contributed by atoms with van der Waals surface area (Å²) >= 11 is 30.2. The maximum absolute atomic E-state index is 13.3. The lowest BCUT2D eigenvalue weighted by Crippen LogP contribution is -2.54. The van der Waals surface area contributed by atoms with E-state index in [1.54, 1.807) is 48.5 Å². The van der Waals surface area contributed by atoms with Crippen molar-refractivity contribution in [1.29, 1.82) is 0 Å². The second-order valence-electron chi connectivity index (χ2n) is 7.95. The fraction of sp³-hybridized carbons (Fsp3) is 0.115. The molecule has 0 unspecified atom stereocenters. The van der Waals surface area contributed by atoms with Crippen LogP contribution < -0.4 is 19.7 Å². The van der Waals surface area contributed by atoms with Gasteiger partial charge in [-0.15, -0.1) is 0 Å². The maximum Gasteiger partial charge on any atom is 0.270 e. The van der Waals surface area contributed by atoms with Crippen LogP contribution in [0.15, 0.2) is 54.1 Å². The summed E-state index contributed by atoms with van der Waals surface area (Å²) in [6.07, 6.45) is 1.40. The summed E-state index contributed by atoms with van der Waals surface area (Å²) in [5.41, 5.74) is 2.25. The van der Waals surface area contributed by atoms with Gasteiger partial charge >= 0.3 is 0 Å². The van der Waals surface area contributed by atoms with E-state index in [0.717, 1.165) is 5.56 Å². The molecule has 0 radical (unpaired) electrons. The Hall–Kier alpha value is -2.81. The number of aryl methyl sites for hydroxylation is 1. The topological polar surface area (TPSA) is 67.9 Å². The molecule has 37 heavy (non-hydrogen) atoms. The van der Waals surface area contributed by atoms with E-state index >= 15 is 0 Å². The van der Waals surface area contributed by atoms with E-state index in [9.17, 15) is 9.59 Å². The SMILES string of the molecule is COc1cc(/C=C2\C(=O)NC(=S)N(c3ccc(C)c(Cl)c3)C2=O)cc(Cl)c1OCc1ccc(Cl)cc1Cl. The predicted molar refractivity (Wildman–Crippen MR) is 151 cm³/mol.